The van der Waals surface area contributed by atoms with Gasteiger partial charge >= 0.3 is 6.18 Å². The summed E-state index contributed by atoms with van der Waals surface area (Å²) in [7, 11) is 0. The highest BCUT2D eigenvalue weighted by Crippen LogP contribution is 2.63. The topological polar surface area (TPSA) is 72.0 Å². The number of nitrogens with one attached hydrogen (secondary N) is 1. The minimum Gasteiger partial charge on any atom is -0.345 e. The predicted octanol–water partition coefficient (Wildman–Crippen LogP) is 4.98. The van der Waals surface area contributed by atoms with E-state index in [2.05, 4.69) is 15.3 Å². The number of halogens is 4. The van der Waals surface area contributed by atoms with E-state index < -0.39 is 29.1 Å². The summed E-state index contributed by atoms with van der Waals surface area (Å²) in [4.78, 5) is 32.9. The standard InChI is InChI=1S/C24H23F4N3O2/c25-17-3-1-2-16(5-17)19(32)10-22-6-14-4-15(7-22)9-23(8-14,13-22)31-21(33)18-11-30-20(12-29-18)24(26,27)28/h1-3,5,11-12,14-15H,4,6-10,13H2,(H,31,33). The molecule has 0 spiro atoms. The van der Waals surface area contributed by atoms with Crippen LogP contribution in [-0.4, -0.2) is 27.2 Å². The van der Waals surface area contributed by atoms with Gasteiger partial charge in [0.1, 0.15) is 11.5 Å². The number of hydrogen-bond donors (Lipinski definition) is 1. The lowest BCUT2D eigenvalue weighted by atomic mass is 9.46. The third kappa shape index (κ3) is 4.25. The molecule has 4 aliphatic rings. The van der Waals surface area contributed by atoms with Crippen LogP contribution in [0.2, 0.25) is 0 Å². The van der Waals surface area contributed by atoms with Gasteiger partial charge in [-0.15, -0.1) is 0 Å². The van der Waals surface area contributed by atoms with Crippen LogP contribution in [0.25, 0.3) is 0 Å². The molecule has 2 aromatic rings. The van der Waals surface area contributed by atoms with Gasteiger partial charge in [0.15, 0.2) is 11.5 Å². The van der Waals surface area contributed by atoms with E-state index in [1.807, 2.05) is 0 Å². The summed E-state index contributed by atoms with van der Waals surface area (Å²) in [6.45, 7) is 0. The second kappa shape index (κ2) is 7.60. The van der Waals surface area contributed by atoms with Crippen molar-refractivity contribution in [3.63, 3.8) is 0 Å². The second-order valence-corrected chi connectivity index (χ2v) is 10.1. The zero-order chi connectivity index (χ0) is 23.4. The number of nitrogens with zero attached hydrogens (tertiary/aromatic N) is 2. The van der Waals surface area contributed by atoms with Gasteiger partial charge in [-0.25, -0.2) is 14.4 Å². The van der Waals surface area contributed by atoms with Crippen LogP contribution in [0.1, 0.15) is 71.5 Å². The summed E-state index contributed by atoms with van der Waals surface area (Å²) in [5.74, 6) is -0.375. The first-order valence-corrected chi connectivity index (χ1v) is 11.1. The van der Waals surface area contributed by atoms with E-state index in [0.717, 1.165) is 38.3 Å². The molecule has 4 saturated carbocycles. The lowest BCUT2D eigenvalue weighted by molar-refractivity contribution is -0.141. The van der Waals surface area contributed by atoms with Crippen LogP contribution in [-0.2, 0) is 6.18 Å². The lowest BCUT2D eigenvalue weighted by Crippen LogP contribution is -2.63. The highest BCUT2D eigenvalue weighted by Gasteiger charge is 2.58. The number of alkyl halides is 3. The van der Waals surface area contributed by atoms with Gasteiger partial charge in [-0.05, 0) is 67.9 Å². The average Bonchev–Trinajstić information content (AvgIpc) is 2.71. The molecule has 5 nitrogen and oxygen atoms in total. The Morgan fingerprint density at radius 1 is 1.06 bits per heavy atom. The molecule has 1 aromatic carbocycles. The molecule has 2 unspecified atom stereocenters. The number of Topliss-reactive ketones (excluding diaryl/α,β-unsaturated/α-hetero) is 1. The van der Waals surface area contributed by atoms with Crippen LogP contribution in [0.5, 0.6) is 0 Å². The van der Waals surface area contributed by atoms with Gasteiger partial charge in [-0.3, -0.25) is 9.59 Å². The quantitative estimate of drug-likeness (QED) is 0.504. The van der Waals surface area contributed by atoms with Crippen LogP contribution >= 0.6 is 0 Å². The van der Waals surface area contributed by atoms with Crippen molar-refractivity contribution in [2.45, 2.75) is 56.7 Å². The maximum absolute atomic E-state index is 13.6. The molecule has 9 heteroatoms. The molecule has 4 fully saturated rings. The van der Waals surface area contributed by atoms with Crippen LogP contribution in [0.15, 0.2) is 36.7 Å². The molecule has 1 aromatic heterocycles. The number of rotatable bonds is 5. The predicted molar refractivity (Wildman–Crippen MR) is 110 cm³/mol. The zero-order valence-corrected chi connectivity index (χ0v) is 17.8. The van der Waals surface area contributed by atoms with E-state index in [4.69, 9.17) is 0 Å². The molecule has 33 heavy (non-hydrogen) atoms. The Morgan fingerprint density at radius 3 is 2.39 bits per heavy atom. The van der Waals surface area contributed by atoms with Crippen molar-refractivity contribution in [2.24, 2.45) is 17.3 Å². The van der Waals surface area contributed by atoms with Gasteiger partial charge in [0.2, 0.25) is 0 Å². The van der Waals surface area contributed by atoms with Crippen molar-refractivity contribution >= 4 is 11.7 Å². The van der Waals surface area contributed by atoms with Crippen molar-refractivity contribution in [1.29, 1.82) is 0 Å². The molecule has 174 valence electrons. The molecule has 4 aliphatic carbocycles. The fourth-order valence-corrected chi connectivity index (χ4v) is 6.81. The Balaban J connectivity index is 1.34. The number of benzene rings is 1. The van der Waals surface area contributed by atoms with Crippen LogP contribution < -0.4 is 5.32 Å². The van der Waals surface area contributed by atoms with Crippen molar-refractivity contribution < 1.29 is 27.2 Å². The molecular weight excluding hydrogens is 438 g/mol. The van der Waals surface area contributed by atoms with Gasteiger partial charge in [-0.2, -0.15) is 13.2 Å². The van der Waals surface area contributed by atoms with E-state index in [0.29, 0.717) is 36.4 Å². The number of aromatic nitrogens is 2. The monoisotopic (exact) mass is 461 g/mol. The van der Waals surface area contributed by atoms with Gasteiger partial charge in [0, 0.05) is 17.5 Å². The van der Waals surface area contributed by atoms with Crippen LogP contribution in [0.4, 0.5) is 17.6 Å². The summed E-state index contributed by atoms with van der Waals surface area (Å²) in [5, 5.41) is 3.05. The molecule has 0 saturated heterocycles. The minimum atomic E-state index is -4.62. The number of hydrogen-bond acceptors (Lipinski definition) is 4. The number of amides is 1. The fourth-order valence-electron chi connectivity index (χ4n) is 6.81. The Hall–Kier alpha value is -2.84. The normalized spacial score (nSPS) is 30.3. The smallest absolute Gasteiger partial charge is 0.345 e. The van der Waals surface area contributed by atoms with Crippen LogP contribution in [0.3, 0.4) is 0 Å². The van der Waals surface area contributed by atoms with E-state index >= 15 is 0 Å². The van der Waals surface area contributed by atoms with Crippen molar-refractivity contribution in [3.05, 3.63) is 59.4 Å². The maximum Gasteiger partial charge on any atom is 0.434 e. The van der Waals surface area contributed by atoms with Crippen molar-refractivity contribution in [3.8, 4) is 0 Å². The Bertz CT molecular complexity index is 1090. The largest absolute Gasteiger partial charge is 0.434 e. The average molecular weight is 461 g/mol. The van der Waals surface area contributed by atoms with E-state index in [-0.39, 0.29) is 16.9 Å². The Kier molecular flexibility index (Phi) is 5.06. The zero-order valence-electron chi connectivity index (χ0n) is 17.8. The summed E-state index contributed by atoms with van der Waals surface area (Å²) in [6, 6.07) is 5.70. The molecular formula is C24H23F4N3O2. The molecule has 1 N–H and O–H groups in total. The molecule has 1 heterocycles. The van der Waals surface area contributed by atoms with Gasteiger partial charge < -0.3 is 5.32 Å². The summed E-state index contributed by atoms with van der Waals surface area (Å²) in [5.41, 5.74) is -1.75. The Morgan fingerprint density at radius 2 is 1.79 bits per heavy atom. The first-order valence-electron chi connectivity index (χ1n) is 11.1. The maximum atomic E-state index is 13.6. The van der Waals surface area contributed by atoms with Crippen LogP contribution in [0, 0.1) is 23.1 Å². The second-order valence-electron chi connectivity index (χ2n) is 10.1. The highest BCUT2D eigenvalue weighted by molar-refractivity contribution is 5.96. The molecule has 2 atom stereocenters. The highest BCUT2D eigenvalue weighted by atomic mass is 19.4. The molecule has 6 rings (SSSR count). The molecule has 0 aliphatic heterocycles. The number of carbonyl (C=O) groups excluding carboxylic acids is 2. The van der Waals surface area contributed by atoms with E-state index in [1.54, 1.807) is 6.07 Å². The first-order chi connectivity index (χ1) is 15.5. The van der Waals surface area contributed by atoms with Gasteiger partial charge in [-0.1, -0.05) is 12.1 Å². The number of ketones is 1. The third-order valence-electron chi connectivity index (χ3n) is 7.42. The SMILES string of the molecule is O=C(CC12CC3CC(C1)CC(NC(=O)c1cnc(C(F)(F)F)cn1)(C3)C2)c1cccc(F)c1. The fraction of sp³-hybridized carbons (Fsp3) is 0.500. The van der Waals surface area contributed by atoms with Crippen molar-refractivity contribution in [1.82, 2.24) is 15.3 Å². The van der Waals surface area contributed by atoms with Gasteiger partial charge in [0.25, 0.3) is 5.91 Å². The number of carbonyl (C=O) groups is 2. The first kappa shape index (κ1) is 22.0. The minimum absolute atomic E-state index is 0.105. The van der Waals surface area contributed by atoms with Gasteiger partial charge in [0.05, 0.1) is 12.4 Å². The van der Waals surface area contributed by atoms with Crippen molar-refractivity contribution in [2.75, 3.05) is 0 Å². The van der Waals surface area contributed by atoms with E-state index in [9.17, 15) is 27.2 Å². The summed E-state index contributed by atoms with van der Waals surface area (Å²) < 4.78 is 51.9. The summed E-state index contributed by atoms with van der Waals surface area (Å²) in [6.07, 6.45) is 2.09. The third-order valence-corrected chi connectivity index (χ3v) is 7.42. The lowest BCUT2D eigenvalue weighted by Gasteiger charge is -2.62. The molecule has 0 radical (unpaired) electrons. The summed E-state index contributed by atoms with van der Waals surface area (Å²) >= 11 is 0. The Labute approximate surface area is 188 Å². The molecule has 1 amide bonds. The molecule has 4 bridgehead atoms. The van der Waals surface area contributed by atoms with E-state index in [1.165, 1.54) is 18.2 Å².